The highest BCUT2D eigenvalue weighted by Crippen LogP contribution is 2.37. The number of hydrogen-bond donors (Lipinski definition) is 4. The number of nitrogen functional groups attached to an aromatic ring is 1. The van der Waals surface area contributed by atoms with Crippen LogP contribution >= 0.6 is 23.2 Å². The third-order valence-electron chi connectivity index (χ3n) is 6.66. The van der Waals surface area contributed by atoms with E-state index in [0.717, 1.165) is 11.1 Å². The predicted molar refractivity (Wildman–Crippen MR) is 174 cm³/mol. The molecular formula is C34H31Cl2NO10. The van der Waals surface area contributed by atoms with E-state index >= 15 is 0 Å². The molecule has 3 atom stereocenters. The van der Waals surface area contributed by atoms with E-state index < -0.39 is 42.2 Å². The number of aliphatic hydroxyl groups excluding tert-OH is 1. The zero-order valence-corrected chi connectivity index (χ0v) is 26.9. The second-order valence-corrected chi connectivity index (χ2v) is 10.9. The molecule has 0 unspecified atom stereocenters. The molecule has 246 valence electrons. The monoisotopic (exact) mass is 683 g/mol. The molecule has 4 aromatic carbocycles. The highest BCUT2D eigenvalue weighted by molar-refractivity contribution is 6.33. The Hall–Kier alpha value is -5.10. The standard InChI is InChI=1S/C20H18O8.C14H13Cl2NO2/c1-11-3-7-13(8-4-11)19(25)27-15(17(21)22)16(18(23)24)28-20(26)14-9-5-12(2)6-10-14;1-19-12-4-2-3-9(13(12)16)14(18)10-7-8(15)5-6-11(10)17/h3-10,15-16H,1-2H3,(H,21,22)(H,23,24);2-7,14,18H,17H2,1H3/t15-,16-;14-/m01/s1. The molecule has 13 heteroatoms. The number of hydrogen-bond acceptors (Lipinski definition) is 9. The van der Waals surface area contributed by atoms with Crippen LogP contribution in [0.1, 0.15) is 49.1 Å². The summed E-state index contributed by atoms with van der Waals surface area (Å²) in [5.41, 5.74) is 9.14. The Morgan fingerprint density at radius 1 is 0.702 bits per heavy atom. The number of aryl methyl sites for hydroxylation is 2. The maximum Gasteiger partial charge on any atom is 0.349 e. The van der Waals surface area contributed by atoms with Gasteiger partial charge in [-0.1, -0.05) is 70.7 Å². The number of benzene rings is 4. The highest BCUT2D eigenvalue weighted by atomic mass is 35.5. The third-order valence-corrected chi connectivity index (χ3v) is 7.29. The van der Waals surface area contributed by atoms with Gasteiger partial charge in [-0.2, -0.15) is 0 Å². The number of ether oxygens (including phenoxy) is 3. The minimum Gasteiger partial charge on any atom is -0.495 e. The van der Waals surface area contributed by atoms with Crippen molar-refractivity contribution in [3.63, 3.8) is 0 Å². The van der Waals surface area contributed by atoms with Crippen LogP contribution in [0, 0.1) is 13.8 Å². The van der Waals surface area contributed by atoms with E-state index in [-0.39, 0.29) is 11.1 Å². The van der Waals surface area contributed by atoms with Crippen LogP contribution in [0.4, 0.5) is 5.69 Å². The summed E-state index contributed by atoms with van der Waals surface area (Å²) < 4.78 is 14.8. The second-order valence-electron chi connectivity index (χ2n) is 10.1. The van der Waals surface area contributed by atoms with Crippen LogP contribution in [-0.2, 0) is 19.1 Å². The number of halogens is 2. The number of anilines is 1. The first-order valence-corrected chi connectivity index (χ1v) is 14.5. The number of carboxylic acid groups (broad SMARTS) is 2. The van der Waals surface area contributed by atoms with E-state index in [1.54, 1.807) is 74.5 Å². The summed E-state index contributed by atoms with van der Waals surface area (Å²) in [7, 11) is 1.52. The van der Waals surface area contributed by atoms with Gasteiger partial charge in [0.1, 0.15) is 11.9 Å². The molecule has 0 fully saturated rings. The van der Waals surface area contributed by atoms with Gasteiger partial charge in [0.05, 0.1) is 23.3 Å². The van der Waals surface area contributed by atoms with E-state index in [1.165, 1.54) is 31.4 Å². The van der Waals surface area contributed by atoms with Crippen LogP contribution in [0.3, 0.4) is 0 Å². The van der Waals surface area contributed by atoms with Crippen molar-refractivity contribution >= 4 is 52.8 Å². The van der Waals surface area contributed by atoms with Crippen molar-refractivity contribution in [3.8, 4) is 5.75 Å². The number of esters is 2. The average molecular weight is 685 g/mol. The third kappa shape index (κ3) is 9.69. The van der Waals surface area contributed by atoms with Gasteiger partial charge >= 0.3 is 23.9 Å². The predicted octanol–water partition coefficient (Wildman–Crippen LogP) is 5.89. The summed E-state index contributed by atoms with van der Waals surface area (Å²) >= 11 is 12.1. The maximum atomic E-state index is 12.2. The lowest BCUT2D eigenvalue weighted by atomic mass is 10.00. The van der Waals surface area contributed by atoms with Gasteiger partial charge in [-0.25, -0.2) is 19.2 Å². The number of aliphatic carboxylic acids is 2. The Morgan fingerprint density at radius 2 is 1.17 bits per heavy atom. The van der Waals surface area contributed by atoms with Crippen molar-refractivity contribution < 1.29 is 48.7 Å². The number of aliphatic hydroxyl groups is 1. The summed E-state index contributed by atoms with van der Waals surface area (Å²) in [6.45, 7) is 3.58. The molecule has 0 spiro atoms. The molecule has 11 nitrogen and oxygen atoms in total. The Labute approximate surface area is 280 Å². The van der Waals surface area contributed by atoms with Gasteiger partial charge in [0.15, 0.2) is 0 Å². The molecule has 0 saturated heterocycles. The molecule has 0 aliphatic rings. The number of methoxy groups -OCH3 is 1. The largest absolute Gasteiger partial charge is 0.495 e. The summed E-state index contributed by atoms with van der Waals surface area (Å²) in [6.07, 6.45) is -5.40. The molecule has 0 radical (unpaired) electrons. The van der Waals surface area contributed by atoms with E-state index in [2.05, 4.69) is 0 Å². The van der Waals surface area contributed by atoms with Crippen LogP contribution in [0.2, 0.25) is 10.0 Å². The number of rotatable bonds is 10. The summed E-state index contributed by atoms with van der Waals surface area (Å²) in [4.78, 5) is 47.3. The number of nitrogens with two attached hydrogens (primary N) is 1. The normalized spacial score (nSPS) is 12.4. The molecule has 0 aliphatic carbocycles. The average Bonchev–Trinajstić information content (AvgIpc) is 3.04. The maximum absolute atomic E-state index is 12.2. The van der Waals surface area contributed by atoms with Crippen molar-refractivity contribution in [2.75, 3.05) is 12.8 Å². The Morgan fingerprint density at radius 3 is 1.60 bits per heavy atom. The SMILES string of the molecule is COc1cccc([C@@H](O)c2cc(Cl)ccc2N)c1Cl.Cc1ccc(C(=O)O[C@H](C(=O)O)[C@H](OC(=O)c2ccc(C)cc2)C(=O)O)cc1. The van der Waals surface area contributed by atoms with Crippen molar-refractivity contribution in [2.45, 2.75) is 32.2 Å². The van der Waals surface area contributed by atoms with Crippen LogP contribution in [-0.4, -0.2) is 58.5 Å². The number of carboxylic acids is 2. The fourth-order valence-corrected chi connectivity index (χ4v) is 4.56. The first-order valence-electron chi connectivity index (χ1n) is 13.8. The Bertz CT molecular complexity index is 1670. The lowest BCUT2D eigenvalue weighted by molar-refractivity contribution is -0.166. The van der Waals surface area contributed by atoms with Crippen molar-refractivity contribution in [3.05, 3.63) is 128 Å². The van der Waals surface area contributed by atoms with Crippen molar-refractivity contribution in [1.29, 1.82) is 0 Å². The topological polar surface area (TPSA) is 183 Å². The quantitative estimate of drug-likeness (QED) is 0.115. The zero-order valence-electron chi connectivity index (χ0n) is 25.3. The van der Waals surface area contributed by atoms with E-state index in [1.807, 2.05) is 0 Å². The first kappa shape index (κ1) is 36.4. The van der Waals surface area contributed by atoms with E-state index in [9.17, 15) is 34.5 Å². The Balaban J connectivity index is 0.000000274. The minimum atomic E-state index is -2.22. The lowest BCUT2D eigenvalue weighted by Crippen LogP contribution is -2.45. The molecule has 4 rings (SSSR count). The fourth-order valence-electron chi connectivity index (χ4n) is 4.08. The molecule has 47 heavy (non-hydrogen) atoms. The molecule has 0 amide bonds. The van der Waals surface area contributed by atoms with E-state index in [4.69, 9.17) is 43.1 Å². The summed E-state index contributed by atoms with van der Waals surface area (Å²) in [6, 6.07) is 22.2. The fraction of sp³-hybridized carbons (Fsp3) is 0.176. The lowest BCUT2D eigenvalue weighted by Gasteiger charge is -2.21. The van der Waals surface area contributed by atoms with Crippen molar-refractivity contribution in [1.82, 2.24) is 0 Å². The van der Waals surface area contributed by atoms with Crippen LogP contribution in [0.15, 0.2) is 84.9 Å². The summed E-state index contributed by atoms with van der Waals surface area (Å²) in [5.74, 6) is -5.12. The molecular weight excluding hydrogens is 653 g/mol. The van der Waals surface area contributed by atoms with Gasteiger partial charge < -0.3 is 35.3 Å². The number of carbonyl (C=O) groups is 4. The van der Waals surface area contributed by atoms with E-state index in [0.29, 0.717) is 32.6 Å². The number of carbonyl (C=O) groups excluding carboxylic acids is 2. The zero-order chi connectivity index (χ0) is 34.8. The van der Waals surface area contributed by atoms with Crippen LogP contribution in [0.25, 0.3) is 0 Å². The molecule has 0 saturated carbocycles. The summed E-state index contributed by atoms with van der Waals surface area (Å²) in [5, 5.41) is 29.9. The van der Waals surface area contributed by atoms with Gasteiger partial charge in [-0.3, -0.25) is 0 Å². The highest BCUT2D eigenvalue weighted by Gasteiger charge is 2.41. The smallest absolute Gasteiger partial charge is 0.349 e. The van der Waals surface area contributed by atoms with Crippen LogP contribution < -0.4 is 10.5 Å². The minimum absolute atomic E-state index is 0.0332. The molecule has 0 bridgehead atoms. The van der Waals surface area contributed by atoms with Crippen molar-refractivity contribution in [2.24, 2.45) is 0 Å². The van der Waals surface area contributed by atoms with Gasteiger partial charge in [0.2, 0.25) is 12.2 Å². The molecule has 0 aliphatic heterocycles. The second kappa shape index (κ2) is 16.5. The molecule has 0 heterocycles. The van der Waals surface area contributed by atoms with Gasteiger partial charge in [-0.05, 0) is 62.4 Å². The molecule has 5 N–H and O–H groups in total. The van der Waals surface area contributed by atoms with Crippen LogP contribution in [0.5, 0.6) is 5.75 Å². The van der Waals surface area contributed by atoms with Gasteiger partial charge in [-0.15, -0.1) is 0 Å². The Kier molecular flexibility index (Phi) is 12.7. The van der Waals surface area contributed by atoms with Gasteiger partial charge in [0.25, 0.3) is 0 Å². The molecule has 0 aromatic heterocycles. The first-order chi connectivity index (χ1) is 22.2. The molecule has 4 aromatic rings. The van der Waals surface area contributed by atoms with Gasteiger partial charge in [0, 0.05) is 21.8 Å².